The molecule has 0 heterocycles. The van der Waals surface area contributed by atoms with Crippen LogP contribution in [0.15, 0.2) is 53.4 Å². The lowest BCUT2D eigenvalue weighted by molar-refractivity contribution is -0.127. The molecule has 0 spiro atoms. The number of ether oxygens (including phenoxy) is 1. The lowest BCUT2D eigenvalue weighted by Crippen LogP contribution is -2.40. The summed E-state index contributed by atoms with van der Waals surface area (Å²) in [5, 5.41) is 3.23. The summed E-state index contributed by atoms with van der Waals surface area (Å²) in [6.45, 7) is 8.03. The van der Waals surface area contributed by atoms with Crippen molar-refractivity contribution in [2.75, 3.05) is 13.1 Å². The van der Waals surface area contributed by atoms with Crippen LogP contribution in [0.4, 0.5) is 0 Å². The summed E-state index contributed by atoms with van der Waals surface area (Å²) in [6.07, 6.45) is -0.724. The van der Waals surface area contributed by atoms with Crippen molar-refractivity contribution in [1.82, 2.24) is 10.0 Å². The highest BCUT2D eigenvalue weighted by atomic mass is 35.5. The van der Waals surface area contributed by atoms with E-state index in [2.05, 4.69) is 30.8 Å². The highest BCUT2D eigenvalue weighted by Gasteiger charge is 2.18. The minimum Gasteiger partial charge on any atom is -0.481 e. The average Bonchev–Trinajstić information content (AvgIpc) is 2.66. The first-order valence-electron chi connectivity index (χ1n) is 9.29. The van der Waals surface area contributed by atoms with Crippen LogP contribution in [0.25, 0.3) is 0 Å². The number of nitrogens with one attached hydrogen (secondary N) is 2. The molecule has 2 N–H and O–H groups in total. The summed E-state index contributed by atoms with van der Waals surface area (Å²) in [7, 11) is -3.64. The molecule has 2 aromatic rings. The van der Waals surface area contributed by atoms with Gasteiger partial charge in [-0.1, -0.05) is 44.5 Å². The van der Waals surface area contributed by atoms with E-state index in [-0.39, 0.29) is 29.3 Å². The molecule has 0 bridgehead atoms. The van der Waals surface area contributed by atoms with Crippen LogP contribution in [0.2, 0.25) is 5.02 Å². The molecular weight excluding hydrogens is 412 g/mol. The number of rotatable bonds is 8. The van der Waals surface area contributed by atoms with Crippen LogP contribution < -0.4 is 14.8 Å². The summed E-state index contributed by atoms with van der Waals surface area (Å²) in [6, 6.07) is 13.5. The van der Waals surface area contributed by atoms with E-state index in [1.54, 1.807) is 43.3 Å². The molecule has 0 saturated carbocycles. The third kappa shape index (κ3) is 7.03. The minimum absolute atomic E-state index is 0.0508. The Bertz CT molecular complexity index is 921. The maximum atomic E-state index is 12.4. The first-order chi connectivity index (χ1) is 13.5. The van der Waals surface area contributed by atoms with Crippen LogP contribution >= 0.6 is 11.6 Å². The van der Waals surface area contributed by atoms with Gasteiger partial charge in [-0.05, 0) is 54.3 Å². The first kappa shape index (κ1) is 23.2. The lowest BCUT2D eigenvalue weighted by atomic mass is 9.87. The Labute approximate surface area is 177 Å². The molecule has 0 fully saturated rings. The van der Waals surface area contributed by atoms with Gasteiger partial charge in [0.25, 0.3) is 5.91 Å². The molecule has 0 aromatic heterocycles. The Balaban J connectivity index is 1.81. The second-order valence-corrected chi connectivity index (χ2v) is 9.88. The van der Waals surface area contributed by atoms with Crippen molar-refractivity contribution in [1.29, 1.82) is 0 Å². The molecule has 1 unspecified atom stereocenters. The summed E-state index contributed by atoms with van der Waals surface area (Å²) in [5.74, 6) is 0.185. The largest absolute Gasteiger partial charge is 0.481 e. The van der Waals surface area contributed by atoms with Crippen molar-refractivity contribution in [2.24, 2.45) is 0 Å². The fourth-order valence-electron chi connectivity index (χ4n) is 2.50. The monoisotopic (exact) mass is 438 g/mol. The maximum Gasteiger partial charge on any atom is 0.260 e. The number of sulfonamides is 1. The van der Waals surface area contributed by atoms with E-state index in [1.165, 1.54) is 0 Å². The van der Waals surface area contributed by atoms with Gasteiger partial charge in [0.2, 0.25) is 10.0 Å². The van der Waals surface area contributed by atoms with Crippen LogP contribution in [0, 0.1) is 0 Å². The fraction of sp³-hybridized carbons (Fsp3) is 0.381. The average molecular weight is 439 g/mol. The van der Waals surface area contributed by atoms with Gasteiger partial charge in [0.1, 0.15) is 5.75 Å². The van der Waals surface area contributed by atoms with Crippen molar-refractivity contribution in [3.05, 3.63) is 59.1 Å². The molecule has 0 radical (unpaired) electrons. The van der Waals surface area contributed by atoms with Gasteiger partial charge in [-0.25, -0.2) is 13.1 Å². The summed E-state index contributed by atoms with van der Waals surface area (Å²) in [4.78, 5) is 12.3. The zero-order valence-corrected chi connectivity index (χ0v) is 18.6. The smallest absolute Gasteiger partial charge is 0.260 e. The Kier molecular flexibility index (Phi) is 7.68. The number of hydrogen-bond donors (Lipinski definition) is 2. The fourth-order valence-corrected chi connectivity index (χ4v) is 3.66. The van der Waals surface area contributed by atoms with Crippen LogP contribution in [-0.2, 0) is 20.2 Å². The van der Waals surface area contributed by atoms with Crippen molar-refractivity contribution in [3.63, 3.8) is 0 Å². The Morgan fingerprint density at radius 2 is 1.62 bits per heavy atom. The molecule has 2 rings (SSSR count). The minimum atomic E-state index is -3.64. The molecule has 29 heavy (non-hydrogen) atoms. The lowest BCUT2D eigenvalue weighted by Gasteiger charge is -2.19. The molecule has 1 amide bonds. The Morgan fingerprint density at radius 3 is 2.17 bits per heavy atom. The van der Waals surface area contributed by atoms with Crippen molar-refractivity contribution >= 4 is 27.5 Å². The Hall–Kier alpha value is -2.09. The first-order valence-corrected chi connectivity index (χ1v) is 11.2. The quantitative estimate of drug-likeness (QED) is 0.618. The van der Waals surface area contributed by atoms with Crippen LogP contribution in [0.5, 0.6) is 5.75 Å². The molecule has 2 aromatic carbocycles. The van der Waals surface area contributed by atoms with Gasteiger partial charge in [-0.15, -0.1) is 0 Å². The van der Waals surface area contributed by atoms with E-state index >= 15 is 0 Å². The van der Waals surface area contributed by atoms with Gasteiger partial charge in [0, 0.05) is 18.1 Å². The van der Waals surface area contributed by atoms with Crippen LogP contribution in [-0.4, -0.2) is 33.5 Å². The van der Waals surface area contributed by atoms with Gasteiger partial charge in [-0.2, -0.15) is 0 Å². The normalized spacial score (nSPS) is 13.0. The van der Waals surface area contributed by atoms with Gasteiger partial charge in [-0.3, -0.25) is 4.79 Å². The molecule has 0 aliphatic heterocycles. The second-order valence-electron chi connectivity index (χ2n) is 7.68. The summed E-state index contributed by atoms with van der Waals surface area (Å²) >= 11 is 5.81. The van der Waals surface area contributed by atoms with E-state index in [0.29, 0.717) is 10.8 Å². The summed E-state index contributed by atoms with van der Waals surface area (Å²) in [5.41, 5.74) is 1.00. The molecular formula is C21H27ClN2O4S. The van der Waals surface area contributed by atoms with Gasteiger partial charge >= 0.3 is 0 Å². The number of amides is 1. The Morgan fingerprint density at radius 1 is 1.03 bits per heavy atom. The van der Waals surface area contributed by atoms with Gasteiger partial charge in [0.05, 0.1) is 4.90 Å². The zero-order valence-electron chi connectivity index (χ0n) is 17.0. The molecule has 0 aliphatic carbocycles. The topological polar surface area (TPSA) is 84.5 Å². The molecule has 0 saturated heterocycles. The number of halogens is 1. The van der Waals surface area contributed by atoms with Crippen molar-refractivity contribution < 1.29 is 17.9 Å². The predicted molar refractivity (Wildman–Crippen MR) is 115 cm³/mol. The van der Waals surface area contributed by atoms with E-state index in [1.807, 2.05) is 12.1 Å². The molecule has 6 nitrogen and oxygen atoms in total. The number of benzene rings is 2. The van der Waals surface area contributed by atoms with E-state index < -0.39 is 16.1 Å². The second kappa shape index (κ2) is 9.61. The zero-order chi connectivity index (χ0) is 21.7. The van der Waals surface area contributed by atoms with Crippen molar-refractivity contribution in [3.8, 4) is 5.75 Å². The molecule has 0 aliphatic rings. The predicted octanol–water partition coefficient (Wildman–Crippen LogP) is 3.50. The molecule has 158 valence electrons. The van der Waals surface area contributed by atoms with Crippen LogP contribution in [0.3, 0.4) is 0 Å². The van der Waals surface area contributed by atoms with E-state index in [0.717, 1.165) is 5.56 Å². The summed E-state index contributed by atoms with van der Waals surface area (Å²) < 4.78 is 32.8. The van der Waals surface area contributed by atoms with Gasteiger partial charge < -0.3 is 10.1 Å². The molecule has 1 atom stereocenters. The highest BCUT2D eigenvalue weighted by molar-refractivity contribution is 7.89. The van der Waals surface area contributed by atoms with Gasteiger partial charge in [0.15, 0.2) is 6.10 Å². The standard InChI is InChI=1S/C21H27ClN2O4S/c1-15(28-18-9-7-17(22)8-10-18)20(25)23-13-14-24-29(26,27)19-11-5-16(6-12-19)21(2,3)4/h5-12,15,24H,13-14H2,1-4H3,(H,23,25). The van der Waals surface area contributed by atoms with Crippen molar-refractivity contribution in [2.45, 2.75) is 44.1 Å². The molecule has 8 heteroatoms. The highest BCUT2D eigenvalue weighted by Crippen LogP contribution is 2.23. The van der Waals surface area contributed by atoms with E-state index in [4.69, 9.17) is 16.3 Å². The number of carbonyl (C=O) groups is 1. The van der Waals surface area contributed by atoms with E-state index in [9.17, 15) is 13.2 Å². The third-order valence-corrected chi connectivity index (χ3v) is 5.97. The maximum absolute atomic E-state index is 12.4. The SMILES string of the molecule is CC(Oc1ccc(Cl)cc1)C(=O)NCCNS(=O)(=O)c1ccc(C(C)(C)C)cc1. The third-order valence-electron chi connectivity index (χ3n) is 4.24. The number of hydrogen-bond acceptors (Lipinski definition) is 4. The number of carbonyl (C=O) groups excluding carboxylic acids is 1. The van der Waals surface area contributed by atoms with Crippen LogP contribution in [0.1, 0.15) is 33.3 Å².